The summed E-state index contributed by atoms with van der Waals surface area (Å²) >= 11 is 13.4. The van der Waals surface area contributed by atoms with Crippen molar-refractivity contribution in [1.29, 1.82) is 0 Å². The molecule has 0 spiro atoms. The van der Waals surface area contributed by atoms with E-state index >= 15 is 0 Å². The van der Waals surface area contributed by atoms with Gasteiger partial charge in [0.05, 0.1) is 9.90 Å². The van der Waals surface area contributed by atoms with Crippen LogP contribution in [0.5, 0.6) is 0 Å². The maximum atomic E-state index is 10.9. The van der Waals surface area contributed by atoms with Gasteiger partial charge in [-0.2, -0.15) is 0 Å². The van der Waals surface area contributed by atoms with E-state index in [9.17, 15) is 4.79 Å². The van der Waals surface area contributed by atoms with Crippen molar-refractivity contribution in [2.45, 2.75) is 0 Å². The van der Waals surface area contributed by atoms with Gasteiger partial charge in [-0.15, -0.1) is 11.3 Å². The van der Waals surface area contributed by atoms with Gasteiger partial charge in [-0.1, -0.05) is 23.2 Å². The topological polar surface area (TPSA) is 17.1 Å². The molecule has 1 nitrogen and oxygen atoms in total. The Hall–Kier alpha value is -0.830. The molecule has 0 fully saturated rings. The zero-order valence-corrected chi connectivity index (χ0v) is 9.86. The number of carbonyl (C=O) groups excluding carboxylic acids is 1. The van der Waals surface area contributed by atoms with Crippen LogP contribution < -0.4 is 0 Å². The van der Waals surface area contributed by atoms with Crippen molar-refractivity contribution in [2.24, 2.45) is 0 Å². The van der Waals surface area contributed by atoms with E-state index in [-0.39, 0.29) is 0 Å². The Morgan fingerprint density at radius 3 is 2.60 bits per heavy atom. The van der Waals surface area contributed by atoms with E-state index in [1.807, 2.05) is 5.38 Å². The van der Waals surface area contributed by atoms with Gasteiger partial charge >= 0.3 is 0 Å². The quantitative estimate of drug-likeness (QED) is 0.722. The van der Waals surface area contributed by atoms with Crippen LogP contribution in [0, 0.1) is 0 Å². The summed E-state index contributed by atoms with van der Waals surface area (Å²) in [6.07, 6.45) is 0.807. The molecule has 2 aromatic rings. The molecule has 1 aromatic carbocycles. The van der Waals surface area contributed by atoms with Crippen LogP contribution in [0.1, 0.15) is 10.4 Å². The lowest BCUT2D eigenvalue weighted by atomic mass is 10.1. The highest BCUT2D eigenvalue weighted by molar-refractivity contribution is 7.14. The summed E-state index contributed by atoms with van der Waals surface area (Å²) in [6.45, 7) is 0. The summed E-state index contributed by atoms with van der Waals surface area (Å²) < 4.78 is 0. The number of rotatable bonds is 2. The second-order valence-corrected chi connectivity index (χ2v) is 4.71. The maximum absolute atomic E-state index is 10.9. The fourth-order valence-corrected chi connectivity index (χ4v) is 2.68. The van der Waals surface area contributed by atoms with Crippen molar-refractivity contribution in [3.05, 3.63) is 45.3 Å². The minimum Gasteiger partial charge on any atom is -0.298 e. The average Bonchev–Trinajstić information content (AvgIpc) is 2.64. The molecule has 0 atom stereocenters. The number of hydrogen-bond acceptors (Lipinski definition) is 2. The van der Waals surface area contributed by atoms with Gasteiger partial charge in [-0.3, -0.25) is 4.79 Å². The second-order valence-electron chi connectivity index (χ2n) is 2.95. The summed E-state index contributed by atoms with van der Waals surface area (Å²) in [4.78, 5) is 11.7. The SMILES string of the molecule is O=Cc1ccc(Cl)cc1-c1sccc1Cl. The Labute approximate surface area is 101 Å². The molecule has 0 bridgehead atoms. The van der Waals surface area contributed by atoms with Crippen LogP contribution in [0.2, 0.25) is 10.0 Å². The zero-order chi connectivity index (χ0) is 10.8. The number of halogens is 2. The van der Waals surface area contributed by atoms with Gasteiger partial charge < -0.3 is 0 Å². The monoisotopic (exact) mass is 256 g/mol. The van der Waals surface area contributed by atoms with Crippen molar-refractivity contribution in [3.8, 4) is 10.4 Å². The third-order valence-corrected chi connectivity index (χ3v) is 3.61. The largest absolute Gasteiger partial charge is 0.298 e. The standard InChI is InChI=1S/C11H6Cl2OS/c12-8-2-1-7(6-14)9(5-8)11-10(13)3-4-15-11/h1-6H. The molecule has 1 heterocycles. The maximum Gasteiger partial charge on any atom is 0.150 e. The molecular weight excluding hydrogens is 251 g/mol. The third-order valence-electron chi connectivity index (χ3n) is 2.00. The lowest BCUT2D eigenvalue weighted by Crippen LogP contribution is -1.85. The first-order chi connectivity index (χ1) is 7.22. The highest BCUT2D eigenvalue weighted by Gasteiger charge is 2.10. The Kier molecular flexibility index (Phi) is 3.10. The van der Waals surface area contributed by atoms with Gasteiger partial charge in [0.1, 0.15) is 0 Å². The van der Waals surface area contributed by atoms with Gasteiger partial charge in [-0.05, 0) is 29.6 Å². The van der Waals surface area contributed by atoms with Crippen LogP contribution in [0.15, 0.2) is 29.6 Å². The van der Waals surface area contributed by atoms with Gasteiger partial charge in [-0.25, -0.2) is 0 Å². The van der Waals surface area contributed by atoms with Crippen molar-refractivity contribution in [1.82, 2.24) is 0 Å². The van der Waals surface area contributed by atoms with Crippen molar-refractivity contribution < 1.29 is 4.79 Å². The van der Waals surface area contributed by atoms with Crippen molar-refractivity contribution >= 4 is 40.8 Å². The summed E-state index contributed by atoms with van der Waals surface area (Å²) in [5, 5.41) is 3.12. The van der Waals surface area contributed by atoms with E-state index in [0.29, 0.717) is 15.6 Å². The lowest BCUT2D eigenvalue weighted by Gasteiger charge is -2.03. The molecule has 15 heavy (non-hydrogen) atoms. The fourth-order valence-electron chi connectivity index (χ4n) is 1.31. The minimum atomic E-state index is 0.597. The van der Waals surface area contributed by atoms with E-state index in [0.717, 1.165) is 16.7 Å². The molecule has 2 rings (SSSR count). The van der Waals surface area contributed by atoms with Crippen LogP contribution >= 0.6 is 34.5 Å². The Balaban J connectivity index is 2.65. The summed E-state index contributed by atoms with van der Waals surface area (Å²) in [7, 11) is 0. The summed E-state index contributed by atoms with van der Waals surface area (Å²) in [5.41, 5.74) is 1.39. The first-order valence-electron chi connectivity index (χ1n) is 4.20. The molecule has 1 aromatic heterocycles. The molecule has 0 radical (unpaired) electrons. The van der Waals surface area contributed by atoms with E-state index in [1.54, 1.807) is 24.3 Å². The molecule has 0 aliphatic carbocycles. The predicted octanol–water partition coefficient (Wildman–Crippen LogP) is 4.53. The van der Waals surface area contributed by atoms with Gasteiger partial charge in [0.25, 0.3) is 0 Å². The van der Waals surface area contributed by atoms with Crippen LogP contribution in [0.3, 0.4) is 0 Å². The summed E-state index contributed by atoms with van der Waals surface area (Å²) in [5.74, 6) is 0. The number of thiophene rings is 1. The van der Waals surface area contributed by atoms with Crippen LogP contribution in [0.4, 0.5) is 0 Å². The highest BCUT2D eigenvalue weighted by Crippen LogP contribution is 2.36. The number of carbonyl (C=O) groups is 1. The van der Waals surface area contributed by atoms with Gasteiger partial charge in [0.15, 0.2) is 6.29 Å². The number of hydrogen-bond donors (Lipinski definition) is 0. The number of aldehydes is 1. The van der Waals surface area contributed by atoms with Gasteiger partial charge in [0, 0.05) is 16.1 Å². The smallest absolute Gasteiger partial charge is 0.150 e. The second kappa shape index (κ2) is 4.35. The fraction of sp³-hybridized carbons (Fsp3) is 0. The Morgan fingerprint density at radius 1 is 1.20 bits per heavy atom. The molecule has 0 amide bonds. The molecule has 76 valence electrons. The zero-order valence-electron chi connectivity index (χ0n) is 7.54. The lowest BCUT2D eigenvalue weighted by molar-refractivity contribution is 0.112. The van der Waals surface area contributed by atoms with E-state index in [2.05, 4.69) is 0 Å². The molecule has 0 N–H and O–H groups in total. The normalized spacial score (nSPS) is 10.3. The first-order valence-corrected chi connectivity index (χ1v) is 5.84. The van der Waals surface area contributed by atoms with Crippen LogP contribution in [-0.2, 0) is 0 Å². The Bertz CT molecular complexity index is 505. The summed E-state index contributed by atoms with van der Waals surface area (Å²) in [6, 6.07) is 6.94. The first kappa shape index (κ1) is 10.7. The van der Waals surface area contributed by atoms with E-state index < -0.39 is 0 Å². The predicted molar refractivity (Wildman–Crippen MR) is 65.2 cm³/mol. The third kappa shape index (κ3) is 2.07. The molecule has 0 saturated carbocycles. The van der Waals surface area contributed by atoms with Crippen LogP contribution in [-0.4, -0.2) is 6.29 Å². The van der Waals surface area contributed by atoms with Crippen molar-refractivity contribution in [3.63, 3.8) is 0 Å². The molecule has 0 aliphatic rings. The molecule has 0 saturated heterocycles. The van der Waals surface area contributed by atoms with Crippen LogP contribution in [0.25, 0.3) is 10.4 Å². The number of benzene rings is 1. The average molecular weight is 257 g/mol. The van der Waals surface area contributed by atoms with E-state index in [1.165, 1.54) is 11.3 Å². The van der Waals surface area contributed by atoms with E-state index in [4.69, 9.17) is 23.2 Å². The van der Waals surface area contributed by atoms with Gasteiger partial charge in [0.2, 0.25) is 0 Å². The molecule has 0 unspecified atom stereocenters. The molecular formula is C11H6Cl2OS. The highest BCUT2D eigenvalue weighted by atomic mass is 35.5. The molecule has 0 aliphatic heterocycles. The van der Waals surface area contributed by atoms with Crippen molar-refractivity contribution in [2.75, 3.05) is 0 Å². The molecule has 4 heteroatoms. The Morgan fingerprint density at radius 2 is 2.00 bits per heavy atom. The minimum absolute atomic E-state index is 0.597.